The molecule has 1 fully saturated rings. The highest BCUT2D eigenvalue weighted by Crippen LogP contribution is 2.13. The minimum Gasteiger partial charge on any atom is -0.375 e. The van der Waals surface area contributed by atoms with Crippen LogP contribution < -0.4 is 5.73 Å². The van der Waals surface area contributed by atoms with E-state index in [1.165, 1.54) is 5.56 Å². The maximum Gasteiger partial charge on any atom is 0.0717 e. The third-order valence-electron chi connectivity index (χ3n) is 3.11. The molecule has 0 aliphatic carbocycles. The fourth-order valence-electron chi connectivity index (χ4n) is 2.32. The van der Waals surface area contributed by atoms with Crippen LogP contribution in [-0.4, -0.2) is 36.7 Å². The Kier molecular flexibility index (Phi) is 4.54. The minimum atomic E-state index is 0.219. The third kappa shape index (κ3) is 4.11. The molecule has 3 nitrogen and oxygen atoms in total. The van der Waals surface area contributed by atoms with Crippen LogP contribution in [0.4, 0.5) is 0 Å². The van der Waals surface area contributed by atoms with E-state index in [1.54, 1.807) is 0 Å². The van der Waals surface area contributed by atoms with Crippen LogP contribution in [0.3, 0.4) is 0 Å². The van der Waals surface area contributed by atoms with Crippen molar-refractivity contribution in [1.82, 2.24) is 4.90 Å². The second-order valence-electron chi connectivity index (χ2n) is 4.93. The van der Waals surface area contributed by atoms with Gasteiger partial charge in [-0.2, -0.15) is 0 Å². The van der Waals surface area contributed by atoms with Crippen molar-refractivity contribution in [2.24, 2.45) is 5.73 Å². The van der Waals surface area contributed by atoms with Crippen molar-refractivity contribution in [2.45, 2.75) is 32.0 Å². The number of benzene rings is 1. The van der Waals surface area contributed by atoms with E-state index in [4.69, 9.17) is 10.5 Å². The highest BCUT2D eigenvalue weighted by atomic mass is 16.5. The summed E-state index contributed by atoms with van der Waals surface area (Å²) < 4.78 is 5.74. The van der Waals surface area contributed by atoms with Crippen molar-refractivity contribution in [3.8, 4) is 0 Å². The number of hydrogen-bond donors (Lipinski definition) is 1. The fraction of sp³-hybridized carbons (Fsp3) is 0.571. The molecule has 0 bridgehead atoms. The van der Waals surface area contributed by atoms with E-state index in [-0.39, 0.29) is 6.04 Å². The largest absolute Gasteiger partial charge is 0.375 e. The van der Waals surface area contributed by atoms with Crippen LogP contribution in [0.5, 0.6) is 0 Å². The molecular weight excluding hydrogens is 212 g/mol. The Balaban J connectivity index is 1.85. The average Bonchev–Trinajstić information content (AvgIpc) is 2.30. The van der Waals surface area contributed by atoms with Gasteiger partial charge in [0.1, 0.15) is 0 Å². The standard InChI is InChI=1S/C14H22N2O/c1-12(15)9-14-11-16(7-8-17-14)10-13-5-3-2-4-6-13/h2-6,12,14H,7-11,15H2,1H3/t12-,14?/m0/s1. The first kappa shape index (κ1) is 12.6. The molecule has 1 heterocycles. The molecule has 0 aromatic heterocycles. The summed E-state index contributed by atoms with van der Waals surface area (Å²) >= 11 is 0. The van der Waals surface area contributed by atoms with Gasteiger partial charge in [0.15, 0.2) is 0 Å². The van der Waals surface area contributed by atoms with Gasteiger partial charge in [-0.25, -0.2) is 0 Å². The van der Waals surface area contributed by atoms with Crippen molar-refractivity contribution < 1.29 is 4.74 Å². The van der Waals surface area contributed by atoms with E-state index in [2.05, 4.69) is 35.2 Å². The third-order valence-corrected chi connectivity index (χ3v) is 3.11. The number of rotatable bonds is 4. The molecule has 1 saturated heterocycles. The van der Waals surface area contributed by atoms with Crippen molar-refractivity contribution in [1.29, 1.82) is 0 Å². The molecular formula is C14H22N2O. The van der Waals surface area contributed by atoms with Gasteiger partial charge in [0, 0.05) is 25.7 Å². The van der Waals surface area contributed by atoms with Gasteiger partial charge in [0.25, 0.3) is 0 Å². The Hall–Kier alpha value is -0.900. The quantitative estimate of drug-likeness (QED) is 0.860. The molecule has 0 radical (unpaired) electrons. The van der Waals surface area contributed by atoms with Crippen LogP contribution in [0, 0.1) is 0 Å². The molecule has 1 unspecified atom stereocenters. The monoisotopic (exact) mass is 234 g/mol. The van der Waals surface area contributed by atoms with Gasteiger partial charge in [0.05, 0.1) is 12.7 Å². The molecule has 0 amide bonds. The molecule has 94 valence electrons. The summed E-state index contributed by atoms with van der Waals surface area (Å²) in [5.41, 5.74) is 7.19. The first-order chi connectivity index (χ1) is 8.24. The van der Waals surface area contributed by atoms with E-state index < -0.39 is 0 Å². The summed E-state index contributed by atoms with van der Waals surface area (Å²) in [6.45, 7) is 5.89. The van der Waals surface area contributed by atoms with Gasteiger partial charge >= 0.3 is 0 Å². The average molecular weight is 234 g/mol. The van der Waals surface area contributed by atoms with Crippen molar-refractivity contribution in [3.63, 3.8) is 0 Å². The molecule has 17 heavy (non-hydrogen) atoms. The van der Waals surface area contributed by atoms with Gasteiger partial charge < -0.3 is 10.5 Å². The Bertz CT molecular complexity index is 326. The Morgan fingerprint density at radius 2 is 2.18 bits per heavy atom. The van der Waals surface area contributed by atoms with E-state index in [0.29, 0.717) is 6.10 Å². The van der Waals surface area contributed by atoms with Crippen LogP contribution in [-0.2, 0) is 11.3 Å². The maximum atomic E-state index is 5.82. The smallest absolute Gasteiger partial charge is 0.0717 e. The van der Waals surface area contributed by atoms with Gasteiger partial charge in [0.2, 0.25) is 0 Å². The number of hydrogen-bond acceptors (Lipinski definition) is 3. The van der Waals surface area contributed by atoms with Crippen LogP contribution in [0.25, 0.3) is 0 Å². The molecule has 2 rings (SSSR count). The van der Waals surface area contributed by atoms with Crippen LogP contribution in [0.1, 0.15) is 18.9 Å². The summed E-state index contributed by atoms with van der Waals surface area (Å²) in [6, 6.07) is 10.8. The summed E-state index contributed by atoms with van der Waals surface area (Å²) in [5, 5.41) is 0. The highest BCUT2D eigenvalue weighted by molar-refractivity contribution is 5.14. The number of nitrogens with zero attached hydrogens (tertiary/aromatic N) is 1. The van der Waals surface area contributed by atoms with Crippen molar-refractivity contribution in [2.75, 3.05) is 19.7 Å². The first-order valence-corrected chi connectivity index (χ1v) is 6.37. The zero-order valence-electron chi connectivity index (χ0n) is 10.5. The molecule has 1 aliphatic heterocycles. The van der Waals surface area contributed by atoms with Crippen molar-refractivity contribution in [3.05, 3.63) is 35.9 Å². The Morgan fingerprint density at radius 1 is 1.41 bits per heavy atom. The molecule has 1 aromatic rings. The van der Waals surface area contributed by atoms with E-state index in [1.807, 2.05) is 6.92 Å². The first-order valence-electron chi connectivity index (χ1n) is 6.37. The summed E-state index contributed by atoms with van der Waals surface area (Å²) in [7, 11) is 0. The number of ether oxygens (including phenoxy) is 1. The molecule has 0 saturated carbocycles. The van der Waals surface area contributed by atoms with Gasteiger partial charge in [-0.05, 0) is 18.9 Å². The van der Waals surface area contributed by atoms with E-state index in [0.717, 1.165) is 32.7 Å². The van der Waals surface area contributed by atoms with Crippen LogP contribution in [0.2, 0.25) is 0 Å². The van der Waals surface area contributed by atoms with E-state index in [9.17, 15) is 0 Å². The van der Waals surface area contributed by atoms with Crippen LogP contribution >= 0.6 is 0 Å². The minimum absolute atomic E-state index is 0.219. The SMILES string of the molecule is C[C@H](N)CC1CN(Cc2ccccc2)CCO1. The maximum absolute atomic E-state index is 5.82. The van der Waals surface area contributed by atoms with Gasteiger partial charge in [-0.3, -0.25) is 4.90 Å². The normalized spacial score (nSPS) is 23.5. The Morgan fingerprint density at radius 3 is 2.88 bits per heavy atom. The highest BCUT2D eigenvalue weighted by Gasteiger charge is 2.21. The predicted molar refractivity (Wildman–Crippen MR) is 69.7 cm³/mol. The van der Waals surface area contributed by atoms with E-state index >= 15 is 0 Å². The summed E-state index contributed by atoms with van der Waals surface area (Å²) in [6.07, 6.45) is 1.25. The second kappa shape index (κ2) is 6.15. The predicted octanol–water partition coefficient (Wildman–Crippen LogP) is 1.62. The van der Waals surface area contributed by atoms with Gasteiger partial charge in [-0.15, -0.1) is 0 Å². The lowest BCUT2D eigenvalue weighted by Crippen LogP contribution is -2.43. The lowest BCUT2D eigenvalue weighted by Gasteiger charge is -2.33. The lowest BCUT2D eigenvalue weighted by molar-refractivity contribution is -0.0368. The fourth-order valence-corrected chi connectivity index (χ4v) is 2.32. The molecule has 0 spiro atoms. The van der Waals surface area contributed by atoms with Crippen molar-refractivity contribution >= 4 is 0 Å². The molecule has 1 aromatic carbocycles. The summed E-state index contributed by atoms with van der Waals surface area (Å²) in [5.74, 6) is 0. The molecule has 1 aliphatic rings. The Labute approximate surface area is 104 Å². The molecule has 2 atom stereocenters. The lowest BCUT2D eigenvalue weighted by atomic mass is 10.1. The number of nitrogens with two attached hydrogens (primary N) is 1. The zero-order valence-corrected chi connectivity index (χ0v) is 10.5. The molecule has 3 heteroatoms. The van der Waals surface area contributed by atoms with Gasteiger partial charge in [-0.1, -0.05) is 30.3 Å². The summed E-state index contributed by atoms with van der Waals surface area (Å²) in [4.78, 5) is 2.45. The second-order valence-corrected chi connectivity index (χ2v) is 4.93. The van der Waals surface area contributed by atoms with Crippen LogP contribution in [0.15, 0.2) is 30.3 Å². The zero-order chi connectivity index (χ0) is 12.1. The molecule has 2 N–H and O–H groups in total. The topological polar surface area (TPSA) is 38.5 Å². The number of morpholine rings is 1.